The van der Waals surface area contributed by atoms with Crippen LogP contribution in [0.5, 0.6) is 0 Å². The van der Waals surface area contributed by atoms with Crippen molar-refractivity contribution < 1.29 is 4.79 Å². The Bertz CT molecular complexity index is 424. The smallest absolute Gasteiger partial charge is 0.272 e. The van der Waals surface area contributed by atoms with E-state index in [0.29, 0.717) is 24.2 Å². The quantitative estimate of drug-likeness (QED) is 0.854. The third-order valence-corrected chi connectivity index (χ3v) is 3.48. The van der Waals surface area contributed by atoms with Crippen molar-refractivity contribution in [1.29, 1.82) is 0 Å². The van der Waals surface area contributed by atoms with E-state index in [1.54, 1.807) is 12.3 Å². The zero-order valence-corrected chi connectivity index (χ0v) is 11.8. The highest BCUT2D eigenvalue weighted by Gasteiger charge is 2.33. The number of nitrogens with zero attached hydrogens (tertiary/aromatic N) is 2. The van der Waals surface area contributed by atoms with Gasteiger partial charge < -0.3 is 10.6 Å². The van der Waals surface area contributed by atoms with Crippen LogP contribution in [0.3, 0.4) is 0 Å². The largest absolute Gasteiger partial charge is 0.334 e. The second kappa shape index (κ2) is 6.15. The first-order chi connectivity index (χ1) is 9.11. The van der Waals surface area contributed by atoms with Gasteiger partial charge >= 0.3 is 0 Å². The lowest BCUT2D eigenvalue weighted by molar-refractivity contribution is 0.0729. The van der Waals surface area contributed by atoms with Gasteiger partial charge in [-0.2, -0.15) is 0 Å². The number of aromatic nitrogens is 1. The number of nitrogens with two attached hydrogens (primary N) is 1. The van der Waals surface area contributed by atoms with Crippen LogP contribution in [0, 0.1) is 5.92 Å². The van der Waals surface area contributed by atoms with Crippen molar-refractivity contribution in [3.63, 3.8) is 0 Å². The third kappa shape index (κ3) is 3.77. The van der Waals surface area contributed by atoms with Gasteiger partial charge in [0.1, 0.15) is 5.69 Å². The summed E-state index contributed by atoms with van der Waals surface area (Å²) in [6, 6.07) is 4.10. The molecule has 0 spiro atoms. The predicted molar refractivity (Wildman–Crippen MR) is 75.6 cm³/mol. The minimum Gasteiger partial charge on any atom is -0.334 e. The normalized spacial score (nSPS) is 14.7. The SMILES string of the molecule is CC(C)CCN(C(=O)c1ccc(CN)cn1)C1CC1. The molecule has 1 aliphatic rings. The van der Waals surface area contributed by atoms with Crippen molar-refractivity contribution >= 4 is 5.91 Å². The maximum Gasteiger partial charge on any atom is 0.272 e. The van der Waals surface area contributed by atoms with E-state index < -0.39 is 0 Å². The molecule has 0 atom stereocenters. The second-order valence-corrected chi connectivity index (χ2v) is 5.67. The van der Waals surface area contributed by atoms with Crippen LogP contribution < -0.4 is 5.73 Å². The molecule has 0 aliphatic heterocycles. The Morgan fingerprint density at radius 1 is 1.47 bits per heavy atom. The van der Waals surface area contributed by atoms with Gasteiger partial charge in [0.2, 0.25) is 0 Å². The van der Waals surface area contributed by atoms with E-state index in [-0.39, 0.29) is 5.91 Å². The highest BCUT2D eigenvalue weighted by Crippen LogP contribution is 2.28. The van der Waals surface area contributed by atoms with Crippen LogP contribution >= 0.6 is 0 Å². The van der Waals surface area contributed by atoms with Crippen LogP contribution in [0.25, 0.3) is 0 Å². The van der Waals surface area contributed by atoms with Gasteiger partial charge in [0.25, 0.3) is 5.91 Å². The van der Waals surface area contributed by atoms with Crippen LogP contribution in [0.1, 0.15) is 49.2 Å². The Morgan fingerprint density at radius 2 is 2.21 bits per heavy atom. The van der Waals surface area contributed by atoms with Gasteiger partial charge in [0.05, 0.1) is 0 Å². The number of pyridine rings is 1. The lowest BCUT2D eigenvalue weighted by atomic mass is 10.1. The Hall–Kier alpha value is -1.42. The average Bonchev–Trinajstić information content (AvgIpc) is 3.23. The summed E-state index contributed by atoms with van der Waals surface area (Å²) in [7, 11) is 0. The van der Waals surface area contributed by atoms with E-state index in [1.807, 2.05) is 11.0 Å². The molecule has 1 heterocycles. The summed E-state index contributed by atoms with van der Waals surface area (Å²) in [5, 5.41) is 0. The van der Waals surface area contributed by atoms with E-state index >= 15 is 0 Å². The summed E-state index contributed by atoms with van der Waals surface area (Å²) < 4.78 is 0. The van der Waals surface area contributed by atoms with Gasteiger partial charge in [-0.15, -0.1) is 0 Å². The lowest BCUT2D eigenvalue weighted by Crippen LogP contribution is -2.35. The predicted octanol–water partition coefficient (Wildman–Crippen LogP) is 2.19. The van der Waals surface area contributed by atoms with Gasteiger partial charge in [-0.1, -0.05) is 19.9 Å². The number of carbonyl (C=O) groups is 1. The molecular weight excluding hydrogens is 238 g/mol. The summed E-state index contributed by atoms with van der Waals surface area (Å²) in [4.78, 5) is 18.7. The maximum atomic E-state index is 12.5. The molecule has 0 bridgehead atoms. The van der Waals surface area contributed by atoms with Crippen molar-refractivity contribution in [2.24, 2.45) is 11.7 Å². The van der Waals surface area contributed by atoms with Crippen molar-refractivity contribution in [3.05, 3.63) is 29.6 Å². The van der Waals surface area contributed by atoms with Crippen LogP contribution in [0.15, 0.2) is 18.3 Å². The Morgan fingerprint density at radius 3 is 2.68 bits per heavy atom. The molecular formula is C15H23N3O. The molecule has 1 amide bonds. The molecule has 1 fully saturated rings. The Labute approximate surface area is 115 Å². The highest BCUT2D eigenvalue weighted by atomic mass is 16.2. The summed E-state index contributed by atoms with van der Waals surface area (Å²) >= 11 is 0. The standard InChI is InChI=1S/C15H23N3O/c1-11(2)7-8-18(13-4-5-13)15(19)14-6-3-12(9-16)10-17-14/h3,6,10-11,13H,4-5,7-9,16H2,1-2H3. The van der Waals surface area contributed by atoms with Gasteiger partial charge in [-0.3, -0.25) is 9.78 Å². The molecule has 19 heavy (non-hydrogen) atoms. The first-order valence-corrected chi connectivity index (χ1v) is 7.07. The minimum atomic E-state index is 0.0618. The van der Waals surface area contributed by atoms with Crippen LogP contribution in [0.2, 0.25) is 0 Å². The number of carbonyl (C=O) groups excluding carboxylic acids is 1. The zero-order valence-electron chi connectivity index (χ0n) is 11.8. The maximum absolute atomic E-state index is 12.5. The molecule has 4 heteroatoms. The van der Waals surface area contributed by atoms with Gasteiger partial charge in [-0.25, -0.2) is 0 Å². The fourth-order valence-corrected chi connectivity index (χ4v) is 2.05. The van der Waals surface area contributed by atoms with E-state index in [2.05, 4.69) is 18.8 Å². The molecule has 1 aromatic heterocycles. The molecule has 0 saturated heterocycles. The molecule has 1 saturated carbocycles. The van der Waals surface area contributed by atoms with Crippen LogP contribution in [0.4, 0.5) is 0 Å². The number of hydrogen-bond donors (Lipinski definition) is 1. The zero-order chi connectivity index (χ0) is 13.8. The van der Waals surface area contributed by atoms with E-state index in [9.17, 15) is 4.79 Å². The minimum absolute atomic E-state index is 0.0618. The molecule has 2 N–H and O–H groups in total. The number of hydrogen-bond acceptors (Lipinski definition) is 3. The number of rotatable bonds is 6. The summed E-state index contributed by atoms with van der Waals surface area (Å²) in [5.41, 5.74) is 7.03. The first kappa shape index (κ1) is 14.0. The van der Waals surface area contributed by atoms with Crippen molar-refractivity contribution in [2.75, 3.05) is 6.54 Å². The van der Waals surface area contributed by atoms with Crippen molar-refractivity contribution in [2.45, 2.75) is 45.7 Å². The van der Waals surface area contributed by atoms with E-state index in [0.717, 1.165) is 31.4 Å². The van der Waals surface area contributed by atoms with Crippen LogP contribution in [-0.2, 0) is 6.54 Å². The Balaban J connectivity index is 2.05. The first-order valence-electron chi connectivity index (χ1n) is 7.07. The second-order valence-electron chi connectivity index (χ2n) is 5.67. The summed E-state index contributed by atoms with van der Waals surface area (Å²) in [6.45, 7) is 5.66. The van der Waals surface area contributed by atoms with Crippen LogP contribution in [-0.4, -0.2) is 28.4 Å². The summed E-state index contributed by atoms with van der Waals surface area (Å²) in [5.74, 6) is 0.674. The topological polar surface area (TPSA) is 59.2 Å². The monoisotopic (exact) mass is 261 g/mol. The molecule has 104 valence electrons. The third-order valence-electron chi connectivity index (χ3n) is 3.48. The van der Waals surface area contributed by atoms with Gasteiger partial charge in [0.15, 0.2) is 0 Å². The average molecular weight is 261 g/mol. The summed E-state index contributed by atoms with van der Waals surface area (Å²) in [6.07, 6.45) is 5.00. The molecule has 0 radical (unpaired) electrons. The van der Waals surface area contributed by atoms with Crippen molar-refractivity contribution in [1.82, 2.24) is 9.88 Å². The molecule has 1 aliphatic carbocycles. The van der Waals surface area contributed by atoms with Gasteiger partial charge in [0, 0.05) is 25.3 Å². The fraction of sp³-hybridized carbons (Fsp3) is 0.600. The van der Waals surface area contributed by atoms with E-state index in [1.165, 1.54) is 0 Å². The lowest BCUT2D eigenvalue weighted by Gasteiger charge is -2.23. The molecule has 0 aromatic carbocycles. The van der Waals surface area contributed by atoms with Gasteiger partial charge in [-0.05, 0) is 36.8 Å². The highest BCUT2D eigenvalue weighted by molar-refractivity contribution is 5.92. The van der Waals surface area contributed by atoms with Crippen molar-refractivity contribution in [3.8, 4) is 0 Å². The molecule has 0 unspecified atom stereocenters. The molecule has 2 rings (SSSR count). The number of amides is 1. The van der Waals surface area contributed by atoms with E-state index in [4.69, 9.17) is 5.73 Å². The Kier molecular flexibility index (Phi) is 4.53. The molecule has 1 aromatic rings. The molecule has 4 nitrogen and oxygen atoms in total. The fourth-order valence-electron chi connectivity index (χ4n) is 2.05.